The third-order valence-corrected chi connectivity index (χ3v) is 5.21. The second kappa shape index (κ2) is 8.86. The first-order valence-corrected chi connectivity index (χ1v) is 10.1. The third kappa shape index (κ3) is 4.39. The summed E-state index contributed by atoms with van der Waals surface area (Å²) in [5, 5.41) is 11.6. The standard InChI is InChI=1S/C20H17BBrClN5O/c1-29-21-27-14-6-4-5-13(9-14)11-24-19-10-18(15-7-2-3-8-17(15)23)26-20-16(22)12-25-28(19)20/h2-10,12,24,27H,11H2,1H3. The number of aromatic nitrogens is 3. The molecule has 2 heterocycles. The van der Waals surface area contributed by atoms with E-state index >= 15 is 0 Å². The topological polar surface area (TPSA) is 63.5 Å². The zero-order valence-corrected chi connectivity index (χ0v) is 17.9. The molecule has 0 saturated heterocycles. The number of benzene rings is 2. The Morgan fingerprint density at radius 1 is 1.17 bits per heavy atom. The molecule has 6 nitrogen and oxygen atoms in total. The van der Waals surface area contributed by atoms with E-state index in [2.05, 4.69) is 43.7 Å². The van der Waals surface area contributed by atoms with E-state index in [1.54, 1.807) is 17.8 Å². The lowest BCUT2D eigenvalue weighted by Crippen LogP contribution is -2.09. The Kier molecular flexibility index (Phi) is 6.04. The van der Waals surface area contributed by atoms with Crippen LogP contribution in [0.3, 0.4) is 0 Å². The first-order valence-electron chi connectivity index (χ1n) is 8.89. The van der Waals surface area contributed by atoms with Gasteiger partial charge in [0, 0.05) is 36.0 Å². The highest BCUT2D eigenvalue weighted by atomic mass is 79.9. The predicted molar refractivity (Wildman–Crippen MR) is 121 cm³/mol. The van der Waals surface area contributed by atoms with Gasteiger partial charge in [-0.25, -0.2) is 4.98 Å². The van der Waals surface area contributed by atoms with Gasteiger partial charge in [-0.2, -0.15) is 9.61 Å². The largest absolute Gasteiger partial charge is 0.435 e. The highest BCUT2D eigenvalue weighted by Crippen LogP contribution is 2.30. The third-order valence-electron chi connectivity index (χ3n) is 4.32. The fourth-order valence-corrected chi connectivity index (χ4v) is 3.54. The van der Waals surface area contributed by atoms with Crippen molar-refractivity contribution in [3.63, 3.8) is 0 Å². The van der Waals surface area contributed by atoms with Crippen LogP contribution >= 0.6 is 27.5 Å². The first-order chi connectivity index (χ1) is 14.2. The van der Waals surface area contributed by atoms with Crippen molar-refractivity contribution in [2.24, 2.45) is 0 Å². The van der Waals surface area contributed by atoms with Crippen molar-refractivity contribution in [3.05, 3.63) is 75.9 Å². The van der Waals surface area contributed by atoms with Crippen LogP contribution in [0.15, 0.2) is 65.3 Å². The Morgan fingerprint density at radius 2 is 2.03 bits per heavy atom. The van der Waals surface area contributed by atoms with Crippen molar-refractivity contribution in [1.82, 2.24) is 14.6 Å². The summed E-state index contributed by atoms with van der Waals surface area (Å²) < 4.78 is 7.53. The van der Waals surface area contributed by atoms with E-state index in [9.17, 15) is 0 Å². The molecule has 0 saturated carbocycles. The van der Waals surface area contributed by atoms with Gasteiger partial charge in [-0.05, 0) is 39.7 Å². The lowest BCUT2D eigenvalue weighted by molar-refractivity contribution is 0.446. The second-order valence-electron chi connectivity index (χ2n) is 6.29. The van der Waals surface area contributed by atoms with E-state index in [1.165, 1.54) is 7.62 Å². The Bertz CT molecular complexity index is 1150. The molecule has 4 rings (SSSR count). The second-order valence-corrected chi connectivity index (χ2v) is 7.55. The molecule has 4 aromatic rings. The number of anilines is 2. The zero-order chi connectivity index (χ0) is 20.2. The van der Waals surface area contributed by atoms with Crippen LogP contribution in [0.2, 0.25) is 5.02 Å². The molecule has 0 fully saturated rings. The molecule has 2 aromatic carbocycles. The minimum Gasteiger partial charge on any atom is -0.422 e. The van der Waals surface area contributed by atoms with Crippen LogP contribution in [0.5, 0.6) is 0 Å². The van der Waals surface area contributed by atoms with Gasteiger partial charge in [-0.15, -0.1) is 0 Å². The molecule has 0 aliphatic heterocycles. The molecular formula is C20H17BBrClN5O. The average molecular weight is 470 g/mol. The molecular weight excluding hydrogens is 452 g/mol. The quantitative estimate of drug-likeness (QED) is 0.372. The maximum atomic E-state index is 6.39. The molecule has 0 atom stereocenters. The lowest BCUT2D eigenvalue weighted by Gasteiger charge is -2.12. The van der Waals surface area contributed by atoms with Crippen LogP contribution in [0, 0.1) is 0 Å². The summed E-state index contributed by atoms with van der Waals surface area (Å²) in [7, 11) is 3.14. The number of nitrogens with zero attached hydrogens (tertiary/aromatic N) is 3. The first kappa shape index (κ1) is 19.8. The number of nitrogens with one attached hydrogen (secondary N) is 2. The smallest absolute Gasteiger partial charge is 0.422 e. The predicted octanol–water partition coefficient (Wildman–Crippen LogP) is 5.02. The number of fused-ring (bicyclic) bond motifs is 1. The van der Waals surface area contributed by atoms with E-state index in [0.29, 0.717) is 11.6 Å². The average Bonchev–Trinajstić information content (AvgIpc) is 3.12. The van der Waals surface area contributed by atoms with E-state index in [4.69, 9.17) is 21.2 Å². The molecule has 1 radical (unpaired) electrons. The number of rotatable bonds is 7. The minimum absolute atomic E-state index is 0.612. The minimum atomic E-state index is 0.612. The van der Waals surface area contributed by atoms with Crippen molar-refractivity contribution in [3.8, 4) is 11.3 Å². The van der Waals surface area contributed by atoms with Crippen molar-refractivity contribution < 1.29 is 4.65 Å². The zero-order valence-electron chi connectivity index (χ0n) is 15.6. The Morgan fingerprint density at radius 3 is 2.86 bits per heavy atom. The molecule has 0 amide bonds. The van der Waals surface area contributed by atoms with Gasteiger partial charge in [0.25, 0.3) is 0 Å². The van der Waals surface area contributed by atoms with Crippen LogP contribution in [0.1, 0.15) is 5.56 Å². The van der Waals surface area contributed by atoms with Gasteiger partial charge in [0.15, 0.2) is 5.65 Å². The van der Waals surface area contributed by atoms with Gasteiger partial charge < -0.3 is 15.2 Å². The van der Waals surface area contributed by atoms with Crippen LogP contribution in [0.4, 0.5) is 11.5 Å². The van der Waals surface area contributed by atoms with Gasteiger partial charge in [-0.3, -0.25) is 0 Å². The van der Waals surface area contributed by atoms with Gasteiger partial charge >= 0.3 is 7.62 Å². The van der Waals surface area contributed by atoms with Crippen LogP contribution in [-0.4, -0.2) is 29.3 Å². The highest BCUT2D eigenvalue weighted by Gasteiger charge is 2.13. The molecule has 0 spiro atoms. The summed E-state index contributed by atoms with van der Waals surface area (Å²) >= 11 is 9.92. The van der Waals surface area contributed by atoms with E-state index in [1.807, 2.05) is 42.5 Å². The summed E-state index contributed by atoms with van der Waals surface area (Å²) in [5.74, 6) is 0.817. The van der Waals surface area contributed by atoms with Gasteiger partial charge in [0.1, 0.15) is 5.82 Å². The van der Waals surface area contributed by atoms with Gasteiger partial charge in [0.2, 0.25) is 0 Å². The van der Waals surface area contributed by atoms with Crippen molar-refractivity contribution >= 4 is 52.3 Å². The maximum Gasteiger partial charge on any atom is 0.435 e. The summed E-state index contributed by atoms with van der Waals surface area (Å²) in [6, 6.07) is 17.7. The molecule has 145 valence electrons. The summed E-state index contributed by atoms with van der Waals surface area (Å²) in [6.45, 7) is 0.612. The number of halogens is 2. The summed E-state index contributed by atoms with van der Waals surface area (Å²) in [5.41, 5.74) is 4.42. The van der Waals surface area contributed by atoms with Crippen LogP contribution < -0.4 is 10.5 Å². The summed E-state index contributed by atoms with van der Waals surface area (Å²) in [6.07, 6.45) is 1.73. The molecule has 29 heavy (non-hydrogen) atoms. The molecule has 9 heteroatoms. The number of hydrogen-bond acceptors (Lipinski definition) is 5. The molecule has 2 aromatic heterocycles. The van der Waals surface area contributed by atoms with Gasteiger partial charge in [0.05, 0.1) is 16.4 Å². The van der Waals surface area contributed by atoms with Crippen molar-refractivity contribution in [2.45, 2.75) is 6.54 Å². The fraction of sp³-hybridized carbons (Fsp3) is 0.100. The Balaban J connectivity index is 1.66. The molecule has 0 aliphatic rings. The van der Waals surface area contributed by atoms with E-state index < -0.39 is 0 Å². The Labute approximate surface area is 182 Å². The van der Waals surface area contributed by atoms with Crippen molar-refractivity contribution in [1.29, 1.82) is 0 Å². The van der Waals surface area contributed by atoms with Gasteiger partial charge in [-0.1, -0.05) is 41.9 Å². The number of hydrogen-bond donors (Lipinski definition) is 2. The van der Waals surface area contributed by atoms with E-state index in [0.717, 1.165) is 38.4 Å². The monoisotopic (exact) mass is 468 g/mol. The van der Waals surface area contributed by atoms with E-state index in [-0.39, 0.29) is 0 Å². The molecule has 0 bridgehead atoms. The normalized spacial score (nSPS) is 10.9. The lowest BCUT2D eigenvalue weighted by atomic mass is 10.1. The summed E-state index contributed by atoms with van der Waals surface area (Å²) in [4.78, 5) is 4.73. The van der Waals surface area contributed by atoms with Crippen LogP contribution in [0.25, 0.3) is 16.9 Å². The van der Waals surface area contributed by atoms with Crippen molar-refractivity contribution in [2.75, 3.05) is 17.7 Å². The molecule has 0 unspecified atom stereocenters. The molecule has 2 N–H and O–H groups in total. The highest BCUT2D eigenvalue weighted by molar-refractivity contribution is 9.10. The SMILES string of the molecule is CO[B]Nc1cccc(CNc2cc(-c3ccccc3Cl)nc3c(Br)cnn23)c1. The fourth-order valence-electron chi connectivity index (χ4n) is 2.96. The maximum absolute atomic E-state index is 6.39. The Hall–Kier alpha value is -2.55. The molecule has 0 aliphatic carbocycles. The van der Waals surface area contributed by atoms with Crippen LogP contribution in [-0.2, 0) is 11.2 Å².